The van der Waals surface area contributed by atoms with Crippen LogP contribution in [0, 0.1) is 62.6 Å². The molecule has 376 valence electrons. The van der Waals surface area contributed by atoms with Gasteiger partial charge in [0, 0.05) is 36.5 Å². The van der Waals surface area contributed by atoms with Crippen molar-refractivity contribution in [3.63, 3.8) is 0 Å². The highest BCUT2D eigenvalue weighted by molar-refractivity contribution is 6.30. The van der Waals surface area contributed by atoms with Crippen LogP contribution in [0.15, 0.2) is 65.7 Å². The average Bonchev–Trinajstić information content (AvgIpc) is 3.60. The number of hydrogen-bond donors (Lipinski definition) is 1. The van der Waals surface area contributed by atoms with Crippen LogP contribution in [0.1, 0.15) is 157 Å². The quantitative estimate of drug-likeness (QED) is 0.223. The molecular formula is C59H82ClN3O6. The number of urea groups is 1. The number of nitrogens with one attached hydrogen (secondary N) is 1. The first kappa shape index (κ1) is 51.6. The number of ketones is 1. The summed E-state index contributed by atoms with van der Waals surface area (Å²) in [4.78, 5) is 64.3. The number of esters is 1. The van der Waals surface area contributed by atoms with Gasteiger partial charge in [0.2, 0.25) is 0 Å². The van der Waals surface area contributed by atoms with E-state index in [1.54, 1.807) is 0 Å². The summed E-state index contributed by atoms with van der Waals surface area (Å²) in [6.45, 7) is 25.7. The number of nitrogens with zero attached hydrogens (tertiary/aromatic N) is 2. The molecule has 1 saturated heterocycles. The van der Waals surface area contributed by atoms with Crippen molar-refractivity contribution in [2.75, 3.05) is 26.2 Å². The summed E-state index contributed by atoms with van der Waals surface area (Å²) in [6.07, 6.45) is 14.3. The Bertz CT molecular complexity index is 2280. The van der Waals surface area contributed by atoms with Gasteiger partial charge in [0.05, 0.1) is 11.5 Å². The number of carbonyl (C=O) groups excluding carboxylic acids is 5. The highest BCUT2D eigenvalue weighted by atomic mass is 35.5. The molecule has 0 aromatic heterocycles. The fourth-order valence-electron chi connectivity index (χ4n) is 16.6. The Balaban J connectivity index is 0.00000209. The Labute approximate surface area is 418 Å². The molecule has 10 heteroatoms. The molecule has 5 saturated carbocycles. The molecule has 1 N–H and O–H groups in total. The number of halogens is 1. The van der Waals surface area contributed by atoms with Gasteiger partial charge in [-0.2, -0.15) is 9.59 Å². The number of hydrogen-bond acceptors (Lipinski definition) is 7. The molecule has 7 aliphatic rings. The normalized spacial score (nSPS) is 35.4. The summed E-state index contributed by atoms with van der Waals surface area (Å²) >= 11 is 6.30. The van der Waals surface area contributed by atoms with Crippen molar-refractivity contribution >= 4 is 35.5 Å². The van der Waals surface area contributed by atoms with E-state index in [1.165, 1.54) is 30.4 Å². The van der Waals surface area contributed by atoms with E-state index in [0.29, 0.717) is 42.3 Å². The maximum Gasteiger partial charge on any atom is 0.373 e. The second-order valence-corrected chi connectivity index (χ2v) is 25.5. The monoisotopic (exact) mass is 964 g/mol. The zero-order valence-electron chi connectivity index (χ0n) is 43.4. The first-order valence-electron chi connectivity index (χ1n) is 26.7. The second-order valence-electron chi connectivity index (χ2n) is 25.0. The fourth-order valence-corrected chi connectivity index (χ4v) is 16.7. The Kier molecular flexibility index (Phi) is 14.7. The van der Waals surface area contributed by atoms with Crippen molar-refractivity contribution in [2.45, 2.75) is 170 Å². The molecule has 0 unspecified atom stereocenters. The molecule has 0 radical (unpaired) electrons. The molecule has 2 aromatic carbocycles. The van der Waals surface area contributed by atoms with Gasteiger partial charge in [-0.15, -0.1) is 0 Å². The molecule has 10 atom stereocenters. The van der Waals surface area contributed by atoms with E-state index in [1.807, 2.05) is 29.2 Å². The Morgan fingerprint density at radius 3 is 2.14 bits per heavy atom. The van der Waals surface area contributed by atoms with Crippen molar-refractivity contribution < 1.29 is 28.7 Å². The van der Waals surface area contributed by atoms with Gasteiger partial charge in [-0.3, -0.25) is 9.59 Å². The van der Waals surface area contributed by atoms with Crippen molar-refractivity contribution in [3.05, 3.63) is 81.9 Å². The van der Waals surface area contributed by atoms with Crippen LogP contribution in [0.25, 0.3) is 0 Å². The summed E-state index contributed by atoms with van der Waals surface area (Å²) in [5.74, 6) is 1.98. The number of carbonyl (C=O) groups is 3. The lowest BCUT2D eigenvalue weighted by Gasteiger charge is -2.72. The van der Waals surface area contributed by atoms with Crippen molar-refractivity contribution in [3.8, 4) is 0 Å². The SMILES string of the molecule is CC(C)C1=C2[C@H]3CC[C@@H]4[C@@]5(C)CC[C@H](OC(=O)[C@H]6C[C@@H](Cc7ccccc7)C6(C)C)C(C)(C)[C@@H]5CC[C@@]4(C)[C@]3(C)CC[C@@]2(NC(=O)N(CCN2CCCCC2)Cc2ccc(Cl)cc2)CC1=O.O=C=O. The molecule has 0 spiro atoms. The van der Waals surface area contributed by atoms with Crippen LogP contribution in [0.5, 0.6) is 0 Å². The summed E-state index contributed by atoms with van der Waals surface area (Å²) < 4.78 is 6.72. The van der Waals surface area contributed by atoms with E-state index < -0.39 is 5.54 Å². The van der Waals surface area contributed by atoms with Crippen LogP contribution in [-0.4, -0.2) is 71.6 Å². The molecule has 9 nitrogen and oxygen atoms in total. The Hall–Kier alpha value is -3.78. The predicted molar refractivity (Wildman–Crippen MR) is 271 cm³/mol. The second kappa shape index (κ2) is 19.7. The standard InChI is InChI=1S/C58H82ClN3O4.CO2/c1-38(2)49-45(63)36-58(60-52(65)62(33-32-61-30-14-11-15-31-61)37-40-18-20-42(59)21-19-40)29-28-56(8)43(50(49)58)22-23-47-55(7)26-25-48(54(5,6)46(55)24-27-57(47,56)9)66-51(64)44-35-41(53(44,3)4)34-39-16-12-10-13-17-39;2-1-3/h10,12-13,16-21,38,41,43-44,46-48H,11,14-15,22-37H2,1-9H3,(H,60,65);/t41-,43-,44-,46+,47-,48+,55+,56-,57-,58-;/m1./s1. The molecule has 6 aliphatic carbocycles. The minimum Gasteiger partial charge on any atom is -0.462 e. The van der Waals surface area contributed by atoms with Crippen molar-refractivity contribution in [1.82, 2.24) is 15.1 Å². The van der Waals surface area contributed by atoms with E-state index in [-0.39, 0.29) is 74.9 Å². The Morgan fingerprint density at radius 2 is 1.49 bits per heavy atom. The molecule has 1 heterocycles. The number of fused-ring (bicyclic) bond motifs is 7. The number of ether oxygens (including phenoxy) is 1. The lowest BCUT2D eigenvalue weighted by Crippen LogP contribution is -2.67. The third-order valence-corrected chi connectivity index (χ3v) is 21.0. The van der Waals surface area contributed by atoms with Gasteiger partial charge in [-0.1, -0.05) is 123 Å². The number of piperidine rings is 1. The Morgan fingerprint density at radius 1 is 0.812 bits per heavy atom. The van der Waals surface area contributed by atoms with Gasteiger partial charge in [0.1, 0.15) is 6.10 Å². The average molecular weight is 965 g/mol. The first-order valence-corrected chi connectivity index (χ1v) is 27.1. The number of amides is 2. The van der Waals surface area contributed by atoms with E-state index in [9.17, 15) is 14.4 Å². The zero-order valence-corrected chi connectivity index (χ0v) is 44.2. The lowest BCUT2D eigenvalue weighted by atomic mass is 9.33. The third kappa shape index (κ3) is 9.22. The highest BCUT2D eigenvalue weighted by Gasteiger charge is 2.70. The number of Topliss-reactive ketones (excluding diaryl/α,β-unsaturated/α-hetero) is 1. The molecule has 2 aromatic rings. The van der Waals surface area contributed by atoms with Crippen LogP contribution in [0.3, 0.4) is 0 Å². The van der Waals surface area contributed by atoms with Crippen LogP contribution >= 0.6 is 11.6 Å². The molecule has 6 fully saturated rings. The van der Waals surface area contributed by atoms with Crippen LogP contribution < -0.4 is 5.32 Å². The summed E-state index contributed by atoms with van der Waals surface area (Å²) in [6, 6.07) is 18.5. The van der Waals surface area contributed by atoms with Crippen LogP contribution in [0.2, 0.25) is 5.02 Å². The zero-order chi connectivity index (χ0) is 49.7. The molecular weight excluding hydrogens is 882 g/mol. The maximum absolute atomic E-state index is 14.9. The summed E-state index contributed by atoms with van der Waals surface area (Å²) in [5.41, 5.74) is 3.96. The van der Waals surface area contributed by atoms with Gasteiger partial charge in [-0.25, -0.2) is 4.79 Å². The van der Waals surface area contributed by atoms with E-state index in [0.717, 1.165) is 95.0 Å². The minimum absolute atomic E-state index is 0.0188. The summed E-state index contributed by atoms with van der Waals surface area (Å²) in [5, 5.41) is 4.40. The van der Waals surface area contributed by atoms with E-state index >= 15 is 0 Å². The van der Waals surface area contributed by atoms with E-state index in [4.69, 9.17) is 25.9 Å². The topological polar surface area (TPSA) is 113 Å². The van der Waals surface area contributed by atoms with Gasteiger partial charge >= 0.3 is 18.2 Å². The molecule has 1 aliphatic heterocycles. The van der Waals surface area contributed by atoms with Crippen LogP contribution in [-0.2, 0) is 36.9 Å². The first-order chi connectivity index (χ1) is 32.6. The smallest absolute Gasteiger partial charge is 0.373 e. The fraction of sp³-hybridized carbons (Fsp3) is 0.695. The van der Waals surface area contributed by atoms with Gasteiger partial charge < -0.3 is 19.9 Å². The van der Waals surface area contributed by atoms with Gasteiger partial charge in [0.15, 0.2) is 5.78 Å². The van der Waals surface area contributed by atoms with Gasteiger partial charge in [-0.05, 0) is 176 Å². The highest BCUT2D eigenvalue weighted by Crippen LogP contribution is 2.76. The maximum atomic E-state index is 14.9. The number of allylic oxidation sites excluding steroid dienone is 1. The molecule has 9 rings (SSSR count). The number of rotatable bonds is 11. The number of likely N-dealkylation sites (tertiary alicyclic amines) is 1. The minimum atomic E-state index is -0.661. The molecule has 69 heavy (non-hydrogen) atoms. The number of benzene rings is 2. The van der Waals surface area contributed by atoms with E-state index in [2.05, 4.69) is 103 Å². The van der Waals surface area contributed by atoms with Crippen molar-refractivity contribution in [1.29, 1.82) is 0 Å². The molecule has 0 bridgehead atoms. The van der Waals surface area contributed by atoms with Gasteiger partial charge in [0.25, 0.3) is 0 Å². The molecule has 2 amide bonds. The van der Waals surface area contributed by atoms with Crippen molar-refractivity contribution in [2.24, 2.45) is 62.6 Å². The largest absolute Gasteiger partial charge is 0.462 e. The third-order valence-electron chi connectivity index (χ3n) is 20.8. The lowest BCUT2D eigenvalue weighted by molar-refractivity contribution is -0.235. The predicted octanol–water partition coefficient (Wildman–Crippen LogP) is 12.3. The van der Waals surface area contributed by atoms with Crippen LogP contribution in [0.4, 0.5) is 4.79 Å². The summed E-state index contributed by atoms with van der Waals surface area (Å²) in [7, 11) is 0.